The molecule has 0 aliphatic rings. The van der Waals surface area contributed by atoms with Crippen LogP contribution in [0.5, 0.6) is 0 Å². The van der Waals surface area contributed by atoms with Crippen molar-refractivity contribution in [3.05, 3.63) is 0 Å². The van der Waals surface area contributed by atoms with E-state index >= 15 is 0 Å². The smallest absolute Gasteiger partial charge is 0.127 e. The quantitative estimate of drug-likeness (QED) is 0.303. The van der Waals surface area contributed by atoms with Gasteiger partial charge in [-0.3, -0.25) is 0 Å². The maximum atomic E-state index is 9.17. The van der Waals surface area contributed by atoms with Crippen LogP contribution in [0.1, 0.15) is 20.3 Å². The molecule has 0 aromatic carbocycles. The number of carbonyl (C=O) groups excluding carboxylic acids is 2. The Kier molecular flexibility index (Phi) is 77.8. The Morgan fingerprint density at radius 1 is 0.810 bits per heavy atom. The predicted molar refractivity (Wildman–Crippen MR) is 81.5 cm³/mol. The van der Waals surface area contributed by atoms with Gasteiger partial charge >= 0.3 is 0 Å². The number of rotatable bonds is 6. The first-order valence-corrected chi connectivity index (χ1v) is 5.09. The van der Waals surface area contributed by atoms with Gasteiger partial charge in [0.25, 0.3) is 0 Å². The molecule has 0 fully saturated rings. The van der Waals surface area contributed by atoms with Crippen molar-refractivity contribution in [1.29, 1.82) is 0 Å². The number of nitrogens with two attached hydrogens (primary N) is 2. The van der Waals surface area contributed by atoms with Crippen molar-refractivity contribution in [2.45, 2.75) is 20.3 Å². The zero-order valence-corrected chi connectivity index (χ0v) is 12.2. The van der Waals surface area contributed by atoms with Crippen LogP contribution < -0.4 is 11.8 Å². The topological polar surface area (TPSA) is 148 Å². The van der Waals surface area contributed by atoms with Gasteiger partial charge in [0.15, 0.2) is 0 Å². The average Bonchev–Trinajstić information content (AvgIpc) is 2.42. The van der Waals surface area contributed by atoms with E-state index in [1.54, 1.807) is 12.4 Å². The van der Waals surface area contributed by atoms with Crippen LogP contribution in [-0.2, 0) is 28.9 Å². The molecule has 0 aromatic heterocycles. The standard InChI is InChI=1S/C5H10N2O2.C3H4O2.2CH5NO.CH4/c1-8-6-4-3-5-7-9-2;4-2-1-3-5;2*1-3-2;/h4-5H,3H2,1-2H3;2-3H,1H2;2*2H2,1H3;1H4. The largest absolute Gasteiger partial charge is 0.399 e. The minimum Gasteiger partial charge on any atom is -0.399 e. The van der Waals surface area contributed by atoms with E-state index in [1.165, 1.54) is 28.4 Å². The predicted octanol–water partition coefficient (Wildman–Crippen LogP) is 0.0643. The highest BCUT2D eigenvalue weighted by Gasteiger charge is 1.70. The van der Waals surface area contributed by atoms with Crippen LogP contribution in [-0.4, -0.2) is 53.4 Å². The highest BCUT2D eigenvalue weighted by Crippen LogP contribution is 1.71. The molecule has 0 aliphatic heterocycles. The minimum absolute atomic E-state index is 0. The second-order valence-corrected chi connectivity index (χ2v) is 2.22. The van der Waals surface area contributed by atoms with Crippen molar-refractivity contribution in [2.24, 2.45) is 22.1 Å². The van der Waals surface area contributed by atoms with Gasteiger partial charge in [-0.15, -0.1) is 0 Å². The van der Waals surface area contributed by atoms with E-state index in [4.69, 9.17) is 0 Å². The lowest BCUT2D eigenvalue weighted by Crippen LogP contribution is -1.86. The summed E-state index contributed by atoms with van der Waals surface area (Å²) in [5, 5.41) is 6.94. The molecule has 0 spiro atoms. The highest BCUT2D eigenvalue weighted by molar-refractivity contribution is 5.78. The lowest BCUT2D eigenvalue weighted by atomic mass is 10.5. The third-order valence-electron chi connectivity index (χ3n) is 0.763. The van der Waals surface area contributed by atoms with Gasteiger partial charge in [0.1, 0.15) is 26.8 Å². The van der Waals surface area contributed by atoms with E-state index in [9.17, 15) is 9.59 Å². The third-order valence-corrected chi connectivity index (χ3v) is 0.763. The van der Waals surface area contributed by atoms with Crippen LogP contribution in [0.2, 0.25) is 0 Å². The summed E-state index contributed by atoms with van der Waals surface area (Å²) in [5.74, 6) is 8.69. The lowest BCUT2D eigenvalue weighted by Gasteiger charge is -1.83. The highest BCUT2D eigenvalue weighted by atomic mass is 16.6. The number of hydrogen-bond donors (Lipinski definition) is 2. The molecule has 0 aromatic rings. The van der Waals surface area contributed by atoms with Crippen molar-refractivity contribution in [3.8, 4) is 0 Å². The van der Waals surface area contributed by atoms with Crippen LogP contribution in [0, 0.1) is 0 Å². The zero-order chi connectivity index (χ0) is 16.5. The van der Waals surface area contributed by atoms with Gasteiger partial charge in [0.05, 0.1) is 20.6 Å². The maximum absolute atomic E-state index is 9.17. The van der Waals surface area contributed by atoms with E-state index in [0.717, 1.165) is 0 Å². The van der Waals surface area contributed by atoms with Gasteiger partial charge < -0.3 is 28.9 Å². The summed E-state index contributed by atoms with van der Waals surface area (Å²) < 4.78 is 0. The molecule has 0 atom stereocenters. The first-order valence-electron chi connectivity index (χ1n) is 5.09. The van der Waals surface area contributed by atoms with Crippen LogP contribution >= 0.6 is 0 Å². The zero-order valence-electron chi connectivity index (χ0n) is 12.2. The lowest BCUT2D eigenvalue weighted by molar-refractivity contribution is -0.114. The first-order chi connectivity index (χ1) is 9.66. The third kappa shape index (κ3) is 126. The van der Waals surface area contributed by atoms with Gasteiger partial charge in [0, 0.05) is 18.9 Å². The van der Waals surface area contributed by atoms with E-state index in [1.807, 2.05) is 0 Å². The normalized spacial score (nSPS) is 7.90. The summed E-state index contributed by atoms with van der Waals surface area (Å²) in [4.78, 5) is 34.6. The molecule has 0 heterocycles. The SMILES string of the molecule is C.CON.CON.CON=CCC=NOC.O=CCC=O. The maximum Gasteiger partial charge on any atom is 0.127 e. The summed E-state index contributed by atoms with van der Waals surface area (Å²) >= 11 is 0. The molecule has 21 heavy (non-hydrogen) atoms. The summed E-state index contributed by atoms with van der Waals surface area (Å²) in [6.07, 6.45) is 4.95. The summed E-state index contributed by atoms with van der Waals surface area (Å²) in [6.45, 7) is 0. The Balaban J connectivity index is -0.0000000607. The Hall–Kier alpha value is -1.88. The van der Waals surface area contributed by atoms with E-state index < -0.39 is 0 Å². The Labute approximate surface area is 125 Å². The summed E-state index contributed by atoms with van der Waals surface area (Å²) in [5.41, 5.74) is 0. The Bertz CT molecular complexity index is 195. The number of oxime groups is 2. The van der Waals surface area contributed by atoms with Gasteiger partial charge in [-0.25, -0.2) is 11.8 Å². The molecule has 10 nitrogen and oxygen atoms in total. The molecule has 0 radical (unpaired) electrons. The molecule has 0 unspecified atom stereocenters. The summed E-state index contributed by atoms with van der Waals surface area (Å²) in [6, 6.07) is 0. The van der Waals surface area contributed by atoms with Crippen molar-refractivity contribution >= 4 is 25.0 Å². The Morgan fingerprint density at radius 3 is 1.24 bits per heavy atom. The van der Waals surface area contributed by atoms with Gasteiger partial charge in [-0.2, -0.15) is 0 Å². The number of nitrogens with zero attached hydrogens (tertiary/aromatic N) is 2. The monoisotopic (exact) mass is 312 g/mol. The van der Waals surface area contributed by atoms with E-state index in [-0.39, 0.29) is 13.8 Å². The number of carbonyl (C=O) groups is 2. The average molecular weight is 312 g/mol. The molecule has 0 amide bonds. The van der Waals surface area contributed by atoms with Gasteiger partial charge in [-0.05, 0) is 0 Å². The molecule has 4 N–H and O–H groups in total. The van der Waals surface area contributed by atoms with Crippen molar-refractivity contribution < 1.29 is 28.9 Å². The second kappa shape index (κ2) is 51.9. The van der Waals surface area contributed by atoms with Crippen LogP contribution in [0.4, 0.5) is 0 Å². The van der Waals surface area contributed by atoms with E-state index in [0.29, 0.717) is 19.0 Å². The molecule has 128 valence electrons. The van der Waals surface area contributed by atoms with Crippen molar-refractivity contribution in [2.75, 3.05) is 28.4 Å². The molecule has 10 heteroatoms. The molecule has 0 aliphatic carbocycles. The summed E-state index contributed by atoms with van der Waals surface area (Å²) in [7, 11) is 5.79. The molecule has 0 saturated carbocycles. The number of hydrogen-bond acceptors (Lipinski definition) is 10. The molecule has 0 saturated heterocycles. The fourth-order valence-electron chi connectivity index (χ4n) is 0.322. The number of aldehydes is 2. The molecule has 0 bridgehead atoms. The molecule has 0 rings (SSSR count). The fourth-order valence-corrected chi connectivity index (χ4v) is 0.322. The fraction of sp³-hybridized carbons (Fsp3) is 0.636. The van der Waals surface area contributed by atoms with Gasteiger partial charge in [-0.1, -0.05) is 17.7 Å². The Morgan fingerprint density at radius 2 is 1.10 bits per heavy atom. The second-order valence-electron chi connectivity index (χ2n) is 2.22. The van der Waals surface area contributed by atoms with Crippen molar-refractivity contribution in [1.82, 2.24) is 0 Å². The van der Waals surface area contributed by atoms with Crippen molar-refractivity contribution in [3.63, 3.8) is 0 Å². The van der Waals surface area contributed by atoms with Crippen LogP contribution in [0.25, 0.3) is 0 Å². The minimum atomic E-state index is 0. The van der Waals surface area contributed by atoms with E-state index in [2.05, 4.69) is 41.5 Å². The molecular weight excluding hydrogens is 284 g/mol. The molecular formula is C11H28N4O6. The van der Waals surface area contributed by atoms with Crippen LogP contribution in [0.15, 0.2) is 10.3 Å². The first kappa shape index (κ1) is 31.5. The van der Waals surface area contributed by atoms with Crippen LogP contribution in [0.3, 0.4) is 0 Å². The van der Waals surface area contributed by atoms with Gasteiger partial charge in [0.2, 0.25) is 0 Å².